The van der Waals surface area contributed by atoms with Crippen LogP contribution in [0.4, 0.5) is 4.79 Å². The predicted molar refractivity (Wildman–Crippen MR) is 59.4 cm³/mol. The summed E-state index contributed by atoms with van der Waals surface area (Å²) in [5.41, 5.74) is 0. The molecule has 0 fully saturated rings. The van der Waals surface area contributed by atoms with E-state index in [-0.39, 0.29) is 0 Å². The second-order valence-corrected chi connectivity index (χ2v) is 3.37. The lowest BCUT2D eigenvalue weighted by molar-refractivity contribution is -0.139. The minimum Gasteiger partial charge on any atom is -0.480 e. The summed E-state index contributed by atoms with van der Waals surface area (Å²) in [6, 6.07) is -1.23. The topological polar surface area (TPSA) is 78.9 Å². The van der Waals surface area contributed by atoms with Gasteiger partial charge in [-0.15, -0.1) is 0 Å². The normalized spacial score (nSPS) is 11.9. The van der Waals surface area contributed by atoms with E-state index in [1.165, 1.54) is 4.90 Å². The predicted octanol–water partition coefficient (Wildman–Crippen LogP) is 0.527. The van der Waals surface area contributed by atoms with Crippen LogP contribution in [0.1, 0.15) is 20.3 Å². The van der Waals surface area contributed by atoms with Crippen molar-refractivity contribution in [2.75, 3.05) is 26.8 Å². The van der Waals surface area contributed by atoms with Crippen molar-refractivity contribution in [3.63, 3.8) is 0 Å². The van der Waals surface area contributed by atoms with Crippen LogP contribution in [0.5, 0.6) is 0 Å². The lowest BCUT2D eigenvalue weighted by Crippen LogP contribution is -2.47. The van der Waals surface area contributed by atoms with Crippen molar-refractivity contribution in [2.24, 2.45) is 0 Å². The molecule has 0 radical (unpaired) electrons. The number of carbonyl (C=O) groups excluding carboxylic acids is 1. The number of urea groups is 1. The molecule has 1 atom stereocenters. The van der Waals surface area contributed by atoms with Crippen molar-refractivity contribution in [3.8, 4) is 0 Å². The van der Waals surface area contributed by atoms with Crippen LogP contribution in [0.3, 0.4) is 0 Å². The first-order chi connectivity index (χ1) is 7.52. The van der Waals surface area contributed by atoms with Crippen molar-refractivity contribution in [2.45, 2.75) is 26.3 Å². The van der Waals surface area contributed by atoms with Gasteiger partial charge in [0, 0.05) is 20.2 Å². The third kappa shape index (κ3) is 5.55. The molecule has 0 saturated carbocycles. The molecule has 0 heterocycles. The molecule has 0 aliphatic rings. The average molecular weight is 232 g/mol. The van der Waals surface area contributed by atoms with Crippen LogP contribution in [-0.4, -0.2) is 54.9 Å². The number of amides is 2. The van der Waals surface area contributed by atoms with E-state index >= 15 is 0 Å². The van der Waals surface area contributed by atoms with Gasteiger partial charge in [0.15, 0.2) is 0 Å². The Morgan fingerprint density at radius 1 is 1.44 bits per heavy atom. The molecule has 0 bridgehead atoms. The fourth-order valence-corrected chi connectivity index (χ4v) is 1.05. The number of carboxylic acid groups (broad SMARTS) is 1. The number of carboxylic acids is 1. The monoisotopic (exact) mass is 232 g/mol. The molecule has 16 heavy (non-hydrogen) atoms. The molecule has 2 amide bonds. The highest BCUT2D eigenvalue weighted by molar-refractivity contribution is 5.82. The summed E-state index contributed by atoms with van der Waals surface area (Å²) >= 11 is 0. The van der Waals surface area contributed by atoms with Gasteiger partial charge in [0.05, 0.1) is 6.61 Å². The molecule has 0 aliphatic heterocycles. The standard InChI is InChI=1S/C10H20N2O4/c1-4-8(9(13)14)11-10(15)12(3)6-7-16-5-2/h8H,4-7H2,1-3H3,(H,11,15)(H,13,14). The van der Waals surface area contributed by atoms with Gasteiger partial charge in [-0.2, -0.15) is 0 Å². The molecule has 6 nitrogen and oxygen atoms in total. The molecule has 0 rings (SSSR count). The molecular weight excluding hydrogens is 212 g/mol. The number of nitrogens with zero attached hydrogens (tertiary/aromatic N) is 1. The van der Waals surface area contributed by atoms with E-state index in [9.17, 15) is 9.59 Å². The molecule has 94 valence electrons. The number of hydrogen-bond donors (Lipinski definition) is 2. The van der Waals surface area contributed by atoms with Crippen LogP contribution in [0.25, 0.3) is 0 Å². The number of ether oxygens (including phenoxy) is 1. The van der Waals surface area contributed by atoms with E-state index in [0.29, 0.717) is 26.2 Å². The van der Waals surface area contributed by atoms with Gasteiger partial charge in [-0.25, -0.2) is 9.59 Å². The summed E-state index contributed by atoms with van der Waals surface area (Å²) in [4.78, 5) is 23.6. The van der Waals surface area contributed by atoms with Gasteiger partial charge >= 0.3 is 12.0 Å². The van der Waals surface area contributed by atoms with Gasteiger partial charge in [0.1, 0.15) is 6.04 Å². The summed E-state index contributed by atoms with van der Waals surface area (Å²) < 4.78 is 5.10. The zero-order valence-electron chi connectivity index (χ0n) is 10.0. The zero-order chi connectivity index (χ0) is 12.6. The maximum absolute atomic E-state index is 11.5. The maximum atomic E-state index is 11.5. The quantitative estimate of drug-likeness (QED) is 0.627. The molecule has 0 aromatic rings. The summed E-state index contributed by atoms with van der Waals surface area (Å²) in [6.45, 7) is 5.07. The minimum absolute atomic E-state index is 0.361. The number of aliphatic carboxylic acids is 1. The minimum atomic E-state index is -1.02. The first kappa shape index (κ1) is 14.7. The maximum Gasteiger partial charge on any atom is 0.326 e. The van der Waals surface area contributed by atoms with Crippen LogP contribution in [0, 0.1) is 0 Å². The molecule has 0 aliphatic carbocycles. The van der Waals surface area contributed by atoms with Gasteiger partial charge in [0.2, 0.25) is 0 Å². The van der Waals surface area contributed by atoms with Crippen LogP contribution in [0.2, 0.25) is 0 Å². The summed E-state index contributed by atoms with van der Waals surface area (Å²) in [7, 11) is 1.60. The van der Waals surface area contributed by atoms with E-state index in [4.69, 9.17) is 9.84 Å². The Balaban J connectivity index is 3.98. The van der Waals surface area contributed by atoms with Crippen molar-refractivity contribution >= 4 is 12.0 Å². The molecule has 0 aromatic heterocycles. The third-order valence-corrected chi connectivity index (χ3v) is 2.13. The average Bonchev–Trinajstić information content (AvgIpc) is 2.25. The molecule has 1 unspecified atom stereocenters. The summed E-state index contributed by atoms with van der Waals surface area (Å²) in [6.07, 6.45) is 0.361. The van der Waals surface area contributed by atoms with Crippen molar-refractivity contribution in [1.29, 1.82) is 0 Å². The highest BCUT2D eigenvalue weighted by Crippen LogP contribution is 1.93. The fourth-order valence-electron chi connectivity index (χ4n) is 1.05. The Bertz CT molecular complexity index is 233. The number of nitrogens with one attached hydrogen (secondary N) is 1. The Morgan fingerprint density at radius 3 is 2.50 bits per heavy atom. The van der Waals surface area contributed by atoms with Crippen molar-refractivity contribution < 1.29 is 19.4 Å². The van der Waals surface area contributed by atoms with E-state index in [0.717, 1.165) is 0 Å². The van der Waals surface area contributed by atoms with Crippen LogP contribution in [0.15, 0.2) is 0 Å². The van der Waals surface area contributed by atoms with E-state index in [2.05, 4.69) is 5.32 Å². The smallest absolute Gasteiger partial charge is 0.326 e. The van der Waals surface area contributed by atoms with E-state index < -0.39 is 18.0 Å². The van der Waals surface area contributed by atoms with Crippen molar-refractivity contribution in [1.82, 2.24) is 10.2 Å². The second-order valence-electron chi connectivity index (χ2n) is 3.37. The number of rotatable bonds is 7. The Labute approximate surface area is 95.6 Å². The molecule has 6 heteroatoms. The van der Waals surface area contributed by atoms with Crippen LogP contribution < -0.4 is 5.32 Å². The largest absolute Gasteiger partial charge is 0.480 e. The van der Waals surface area contributed by atoms with Gasteiger partial charge in [0.25, 0.3) is 0 Å². The van der Waals surface area contributed by atoms with Gasteiger partial charge in [-0.3, -0.25) is 0 Å². The van der Waals surface area contributed by atoms with E-state index in [1.807, 2.05) is 6.92 Å². The molecule has 2 N–H and O–H groups in total. The summed E-state index contributed by atoms with van der Waals surface area (Å²) in [5.74, 6) is -1.02. The van der Waals surface area contributed by atoms with E-state index in [1.54, 1.807) is 14.0 Å². The lowest BCUT2D eigenvalue weighted by atomic mass is 10.2. The number of hydrogen-bond acceptors (Lipinski definition) is 3. The fraction of sp³-hybridized carbons (Fsp3) is 0.800. The molecule has 0 saturated heterocycles. The highest BCUT2D eigenvalue weighted by Gasteiger charge is 2.19. The number of likely N-dealkylation sites (N-methyl/N-ethyl adjacent to an activating group) is 1. The first-order valence-corrected chi connectivity index (χ1v) is 5.35. The Kier molecular flexibility index (Phi) is 7.28. The lowest BCUT2D eigenvalue weighted by Gasteiger charge is -2.20. The van der Waals surface area contributed by atoms with Crippen molar-refractivity contribution in [3.05, 3.63) is 0 Å². The van der Waals surface area contributed by atoms with Crippen LogP contribution >= 0.6 is 0 Å². The Hall–Kier alpha value is -1.30. The summed E-state index contributed by atoms with van der Waals surface area (Å²) in [5, 5.41) is 11.2. The van der Waals surface area contributed by atoms with Gasteiger partial charge in [-0.1, -0.05) is 6.92 Å². The highest BCUT2D eigenvalue weighted by atomic mass is 16.5. The molecule has 0 aromatic carbocycles. The SMILES string of the molecule is CCOCCN(C)C(=O)NC(CC)C(=O)O. The third-order valence-electron chi connectivity index (χ3n) is 2.13. The zero-order valence-corrected chi connectivity index (χ0v) is 10.0. The molecule has 0 spiro atoms. The first-order valence-electron chi connectivity index (χ1n) is 5.35. The van der Waals surface area contributed by atoms with Gasteiger partial charge in [-0.05, 0) is 13.3 Å². The Morgan fingerprint density at radius 2 is 2.06 bits per heavy atom. The number of carbonyl (C=O) groups is 2. The molecular formula is C10H20N2O4. The second kappa shape index (κ2) is 7.92. The van der Waals surface area contributed by atoms with Crippen LogP contribution in [-0.2, 0) is 9.53 Å². The van der Waals surface area contributed by atoms with Gasteiger partial charge < -0.3 is 20.1 Å².